The molecule has 1 aliphatic rings. The fraction of sp³-hybridized carbons (Fsp3) is 0.517. The molecule has 3 amide bonds. The second-order valence-electron chi connectivity index (χ2n) is 9.82. The number of carbonyl (C=O) groups excluding carboxylic acids is 4. The molecule has 4 N–H and O–H groups in total. The van der Waals surface area contributed by atoms with Crippen LogP contribution in [0.15, 0.2) is 42.5 Å². The number of amides is 3. The first-order valence-electron chi connectivity index (χ1n) is 13.5. The molecule has 1 heterocycles. The number of fused-ring (bicyclic) bond motifs is 1. The van der Waals surface area contributed by atoms with Gasteiger partial charge in [0.2, 0.25) is 17.7 Å². The molecule has 38 heavy (non-hydrogen) atoms. The topological polar surface area (TPSA) is 131 Å². The lowest BCUT2D eigenvalue weighted by Crippen LogP contribution is -2.59. The van der Waals surface area contributed by atoms with Crippen molar-refractivity contribution >= 4 is 34.5 Å². The third-order valence-corrected chi connectivity index (χ3v) is 7.12. The quantitative estimate of drug-likeness (QED) is 0.363. The number of imide groups is 1. The van der Waals surface area contributed by atoms with E-state index in [9.17, 15) is 19.2 Å². The zero-order valence-corrected chi connectivity index (χ0v) is 22.6. The highest BCUT2D eigenvalue weighted by molar-refractivity contribution is 6.03. The highest BCUT2D eigenvalue weighted by atomic mass is 16.5. The molecule has 1 fully saturated rings. The summed E-state index contributed by atoms with van der Waals surface area (Å²) in [6.07, 6.45) is 1.99. The second-order valence-corrected chi connectivity index (χ2v) is 9.82. The van der Waals surface area contributed by atoms with Crippen molar-refractivity contribution in [3.8, 4) is 0 Å². The van der Waals surface area contributed by atoms with Crippen LogP contribution in [0.5, 0.6) is 0 Å². The van der Waals surface area contributed by atoms with Crippen LogP contribution < -0.4 is 16.4 Å². The van der Waals surface area contributed by atoms with E-state index in [0.29, 0.717) is 25.8 Å². The minimum absolute atomic E-state index is 0.0218. The van der Waals surface area contributed by atoms with Gasteiger partial charge in [0.1, 0.15) is 12.1 Å². The van der Waals surface area contributed by atoms with E-state index < -0.39 is 30.1 Å². The predicted octanol–water partition coefficient (Wildman–Crippen LogP) is 2.30. The Morgan fingerprint density at radius 2 is 1.82 bits per heavy atom. The fourth-order valence-electron chi connectivity index (χ4n) is 4.94. The summed E-state index contributed by atoms with van der Waals surface area (Å²) in [5.74, 6) is -2.10. The molecule has 3 rings (SSSR count). The van der Waals surface area contributed by atoms with E-state index in [1.54, 1.807) is 0 Å². The Morgan fingerprint density at radius 1 is 1.11 bits per heavy atom. The third-order valence-electron chi connectivity index (χ3n) is 7.12. The zero-order chi connectivity index (χ0) is 27.7. The van der Waals surface area contributed by atoms with Crippen LogP contribution in [0.25, 0.3) is 10.8 Å². The fourth-order valence-corrected chi connectivity index (χ4v) is 4.94. The van der Waals surface area contributed by atoms with Gasteiger partial charge in [-0.15, -0.1) is 0 Å². The number of benzene rings is 2. The van der Waals surface area contributed by atoms with E-state index in [1.807, 2.05) is 56.3 Å². The Labute approximate surface area is 224 Å². The molecule has 2 aromatic rings. The molecule has 1 saturated heterocycles. The van der Waals surface area contributed by atoms with Crippen molar-refractivity contribution in [2.75, 3.05) is 19.6 Å². The number of hydrogen-bond acceptors (Lipinski definition) is 7. The van der Waals surface area contributed by atoms with E-state index >= 15 is 0 Å². The van der Waals surface area contributed by atoms with Crippen LogP contribution in [-0.4, -0.2) is 66.4 Å². The Bertz CT molecular complexity index is 1110. The Kier molecular flexibility index (Phi) is 10.8. The summed E-state index contributed by atoms with van der Waals surface area (Å²) in [6, 6.07) is 12.2. The standard InChI is InChI=1S/C29H40N4O5/c1-4-21(5-2)28(36)33(29(37)25-11-8-14-31-25)26(27(35)32-18-24(17-30)38-19(3)34)16-20-12-13-22-9-6-7-10-23(22)15-20/h6-7,9-10,12-13,15,21,24-26,31H,4-5,8,11,14,16-18,30H2,1-3H3,(H,32,35)/t24?,25-,26+/m0/s1. The van der Waals surface area contributed by atoms with E-state index in [4.69, 9.17) is 10.5 Å². The molecule has 9 nitrogen and oxygen atoms in total. The molecule has 0 saturated carbocycles. The van der Waals surface area contributed by atoms with Gasteiger partial charge in [0.05, 0.1) is 12.6 Å². The van der Waals surface area contributed by atoms with Gasteiger partial charge in [-0.2, -0.15) is 0 Å². The van der Waals surface area contributed by atoms with Crippen molar-refractivity contribution in [3.63, 3.8) is 0 Å². The molecule has 0 aliphatic carbocycles. The Hall–Kier alpha value is -3.30. The van der Waals surface area contributed by atoms with Gasteiger partial charge in [0, 0.05) is 25.8 Å². The van der Waals surface area contributed by atoms with Gasteiger partial charge in [-0.25, -0.2) is 0 Å². The number of ether oxygens (including phenoxy) is 1. The van der Waals surface area contributed by atoms with Crippen LogP contribution in [0.2, 0.25) is 0 Å². The summed E-state index contributed by atoms with van der Waals surface area (Å²) in [5.41, 5.74) is 6.55. The first-order valence-corrected chi connectivity index (χ1v) is 13.5. The number of nitrogens with one attached hydrogen (secondary N) is 2. The predicted molar refractivity (Wildman–Crippen MR) is 146 cm³/mol. The molecule has 9 heteroatoms. The summed E-state index contributed by atoms with van der Waals surface area (Å²) in [4.78, 5) is 53.9. The van der Waals surface area contributed by atoms with Crippen molar-refractivity contribution in [1.82, 2.24) is 15.5 Å². The monoisotopic (exact) mass is 524 g/mol. The molecule has 1 unspecified atom stereocenters. The molecule has 206 valence electrons. The highest BCUT2D eigenvalue weighted by Gasteiger charge is 2.40. The number of nitrogens with two attached hydrogens (primary N) is 1. The zero-order valence-electron chi connectivity index (χ0n) is 22.6. The van der Waals surface area contributed by atoms with Crippen molar-refractivity contribution < 1.29 is 23.9 Å². The number of carbonyl (C=O) groups is 4. The largest absolute Gasteiger partial charge is 0.459 e. The number of hydrogen-bond donors (Lipinski definition) is 3. The summed E-state index contributed by atoms with van der Waals surface area (Å²) < 4.78 is 5.17. The molecular formula is C29H40N4O5. The van der Waals surface area contributed by atoms with Crippen LogP contribution >= 0.6 is 0 Å². The van der Waals surface area contributed by atoms with E-state index in [0.717, 1.165) is 22.8 Å². The van der Waals surface area contributed by atoms with Crippen LogP contribution in [0.4, 0.5) is 0 Å². The minimum atomic E-state index is -1.07. The highest BCUT2D eigenvalue weighted by Crippen LogP contribution is 2.23. The van der Waals surface area contributed by atoms with Crippen LogP contribution in [0.1, 0.15) is 52.0 Å². The van der Waals surface area contributed by atoms with Crippen molar-refractivity contribution in [1.29, 1.82) is 0 Å². The molecule has 0 spiro atoms. The Balaban J connectivity index is 1.98. The lowest BCUT2D eigenvalue weighted by atomic mass is 9.96. The summed E-state index contributed by atoms with van der Waals surface area (Å²) in [7, 11) is 0. The van der Waals surface area contributed by atoms with E-state index in [-0.39, 0.29) is 37.2 Å². The van der Waals surface area contributed by atoms with Gasteiger partial charge in [-0.05, 0) is 48.6 Å². The van der Waals surface area contributed by atoms with Crippen molar-refractivity contribution in [2.45, 2.75) is 71.1 Å². The average Bonchev–Trinajstić information content (AvgIpc) is 3.46. The van der Waals surface area contributed by atoms with Crippen LogP contribution in [0, 0.1) is 5.92 Å². The van der Waals surface area contributed by atoms with Crippen LogP contribution in [0.3, 0.4) is 0 Å². The van der Waals surface area contributed by atoms with Crippen LogP contribution in [-0.2, 0) is 30.3 Å². The summed E-state index contributed by atoms with van der Waals surface area (Å²) in [5, 5.41) is 8.03. The SMILES string of the molecule is CCC(CC)C(=O)N(C(=O)[C@@H]1CCCN1)[C@H](Cc1ccc2ccccc2c1)C(=O)NCC(CN)OC(C)=O. The number of rotatable bonds is 12. The van der Waals surface area contributed by atoms with Gasteiger partial charge in [0.15, 0.2) is 0 Å². The minimum Gasteiger partial charge on any atom is -0.459 e. The van der Waals surface area contributed by atoms with Crippen molar-refractivity contribution in [2.24, 2.45) is 11.7 Å². The van der Waals surface area contributed by atoms with Gasteiger partial charge < -0.3 is 21.1 Å². The number of esters is 1. The summed E-state index contributed by atoms with van der Waals surface area (Å²) in [6.45, 7) is 5.78. The van der Waals surface area contributed by atoms with Gasteiger partial charge in [0.25, 0.3) is 0 Å². The second kappa shape index (κ2) is 14.0. The molecular weight excluding hydrogens is 484 g/mol. The summed E-state index contributed by atoms with van der Waals surface area (Å²) >= 11 is 0. The lowest BCUT2D eigenvalue weighted by Gasteiger charge is -2.34. The number of nitrogens with zero attached hydrogens (tertiary/aromatic N) is 1. The molecule has 1 aliphatic heterocycles. The molecule has 2 aromatic carbocycles. The third kappa shape index (κ3) is 7.39. The first-order chi connectivity index (χ1) is 18.3. The normalized spacial score (nSPS) is 16.7. The van der Waals surface area contributed by atoms with Gasteiger partial charge in [-0.1, -0.05) is 56.3 Å². The van der Waals surface area contributed by atoms with Gasteiger partial charge in [-0.3, -0.25) is 24.1 Å². The first kappa shape index (κ1) is 29.3. The molecule has 0 aromatic heterocycles. The average molecular weight is 525 g/mol. The van der Waals surface area contributed by atoms with E-state index in [1.165, 1.54) is 11.8 Å². The molecule has 3 atom stereocenters. The molecule has 0 radical (unpaired) electrons. The smallest absolute Gasteiger partial charge is 0.303 e. The molecule has 0 bridgehead atoms. The lowest BCUT2D eigenvalue weighted by molar-refractivity contribution is -0.155. The van der Waals surface area contributed by atoms with Gasteiger partial charge >= 0.3 is 5.97 Å². The maximum absolute atomic E-state index is 13.8. The van der Waals surface area contributed by atoms with Crippen molar-refractivity contribution in [3.05, 3.63) is 48.0 Å². The maximum Gasteiger partial charge on any atom is 0.303 e. The maximum atomic E-state index is 13.8. The Morgan fingerprint density at radius 3 is 2.42 bits per heavy atom. The van der Waals surface area contributed by atoms with E-state index in [2.05, 4.69) is 10.6 Å².